The molecule has 0 radical (unpaired) electrons. The van der Waals surface area contributed by atoms with E-state index in [0.717, 1.165) is 11.1 Å². The summed E-state index contributed by atoms with van der Waals surface area (Å²) >= 11 is 0. The molecular formula is C22H27FN4O2. The summed E-state index contributed by atoms with van der Waals surface area (Å²) in [4.78, 5) is 31.2. The van der Waals surface area contributed by atoms with Crippen molar-refractivity contribution in [3.63, 3.8) is 0 Å². The lowest BCUT2D eigenvalue weighted by molar-refractivity contribution is -0.127. The van der Waals surface area contributed by atoms with Gasteiger partial charge in [-0.3, -0.25) is 14.5 Å². The van der Waals surface area contributed by atoms with Crippen LogP contribution in [0.15, 0.2) is 42.6 Å². The van der Waals surface area contributed by atoms with Gasteiger partial charge in [-0.05, 0) is 75.2 Å². The van der Waals surface area contributed by atoms with E-state index in [-0.39, 0.29) is 29.6 Å². The van der Waals surface area contributed by atoms with Crippen LogP contribution in [-0.4, -0.2) is 40.8 Å². The molecular weight excluding hydrogens is 371 g/mol. The van der Waals surface area contributed by atoms with Crippen molar-refractivity contribution in [1.82, 2.24) is 15.2 Å². The average Bonchev–Trinajstić information content (AvgIpc) is 2.72. The first-order valence-electron chi connectivity index (χ1n) is 9.92. The number of aryl methyl sites for hydroxylation is 1. The molecule has 1 atom stereocenters. The molecule has 0 bridgehead atoms. The van der Waals surface area contributed by atoms with Crippen LogP contribution in [0.4, 0.5) is 10.2 Å². The van der Waals surface area contributed by atoms with Crippen LogP contribution in [0, 0.1) is 18.7 Å². The molecule has 1 aliphatic heterocycles. The number of benzene rings is 1. The fraction of sp³-hybridized carbons (Fsp3) is 0.409. The molecule has 1 unspecified atom stereocenters. The van der Waals surface area contributed by atoms with Gasteiger partial charge in [-0.25, -0.2) is 9.37 Å². The van der Waals surface area contributed by atoms with E-state index in [0.29, 0.717) is 38.3 Å². The molecule has 2 aromatic rings. The number of carbonyl (C=O) groups is 2. The third kappa shape index (κ3) is 5.84. The second-order valence-corrected chi connectivity index (χ2v) is 7.54. The molecule has 7 heteroatoms. The summed E-state index contributed by atoms with van der Waals surface area (Å²) in [5.41, 5.74) is 1.90. The predicted molar refractivity (Wildman–Crippen MR) is 110 cm³/mol. The number of rotatable bonds is 6. The number of likely N-dealkylation sites (tertiary alicyclic amines) is 1. The molecule has 29 heavy (non-hydrogen) atoms. The smallest absolute Gasteiger partial charge is 0.237 e. The van der Waals surface area contributed by atoms with Crippen LogP contribution in [-0.2, 0) is 16.1 Å². The van der Waals surface area contributed by atoms with E-state index in [1.807, 2.05) is 26.0 Å². The van der Waals surface area contributed by atoms with Gasteiger partial charge in [-0.1, -0.05) is 12.1 Å². The van der Waals surface area contributed by atoms with Crippen molar-refractivity contribution >= 4 is 17.6 Å². The number of aromatic nitrogens is 1. The van der Waals surface area contributed by atoms with Crippen molar-refractivity contribution in [3.8, 4) is 0 Å². The lowest BCUT2D eigenvalue weighted by Gasteiger charge is -2.34. The summed E-state index contributed by atoms with van der Waals surface area (Å²) < 4.78 is 13.0. The number of carbonyl (C=O) groups excluding carboxylic acids is 2. The number of hydrogen-bond acceptors (Lipinski definition) is 4. The Kier molecular flexibility index (Phi) is 6.93. The Bertz CT molecular complexity index is 848. The molecule has 2 N–H and O–H groups in total. The maximum Gasteiger partial charge on any atom is 0.237 e. The monoisotopic (exact) mass is 398 g/mol. The van der Waals surface area contributed by atoms with Gasteiger partial charge in [0, 0.05) is 18.7 Å². The first-order valence-corrected chi connectivity index (χ1v) is 9.92. The molecule has 2 amide bonds. The maximum absolute atomic E-state index is 13.0. The van der Waals surface area contributed by atoms with Crippen LogP contribution in [0.5, 0.6) is 0 Å². The van der Waals surface area contributed by atoms with Crippen molar-refractivity contribution in [2.75, 3.05) is 18.4 Å². The van der Waals surface area contributed by atoms with Gasteiger partial charge >= 0.3 is 0 Å². The molecule has 2 heterocycles. The number of nitrogens with zero attached hydrogens (tertiary/aromatic N) is 2. The van der Waals surface area contributed by atoms with Crippen molar-refractivity contribution in [2.24, 2.45) is 5.92 Å². The molecule has 0 aliphatic carbocycles. The molecule has 0 spiro atoms. The summed E-state index contributed by atoms with van der Waals surface area (Å²) in [7, 11) is 0. The van der Waals surface area contributed by atoms with Gasteiger partial charge in [0.25, 0.3) is 0 Å². The Balaban J connectivity index is 1.44. The van der Waals surface area contributed by atoms with E-state index in [4.69, 9.17) is 0 Å². The van der Waals surface area contributed by atoms with Crippen LogP contribution in [0.3, 0.4) is 0 Å². The molecule has 6 nitrogen and oxygen atoms in total. The lowest BCUT2D eigenvalue weighted by Crippen LogP contribution is -2.49. The number of nitrogens with one attached hydrogen (secondary N) is 2. The topological polar surface area (TPSA) is 74.3 Å². The third-order valence-corrected chi connectivity index (χ3v) is 5.37. The highest BCUT2D eigenvalue weighted by Gasteiger charge is 2.29. The lowest BCUT2D eigenvalue weighted by atomic mass is 9.95. The summed E-state index contributed by atoms with van der Waals surface area (Å²) in [5, 5.41) is 5.78. The minimum atomic E-state index is -0.293. The number of pyridine rings is 1. The van der Waals surface area contributed by atoms with Gasteiger partial charge in [-0.2, -0.15) is 0 Å². The molecule has 1 aromatic carbocycles. The van der Waals surface area contributed by atoms with Gasteiger partial charge in [0.2, 0.25) is 11.8 Å². The normalized spacial score (nSPS) is 16.2. The van der Waals surface area contributed by atoms with Crippen LogP contribution in [0.1, 0.15) is 30.9 Å². The molecule has 1 fully saturated rings. The zero-order valence-corrected chi connectivity index (χ0v) is 16.8. The number of hydrogen-bond donors (Lipinski definition) is 2. The van der Waals surface area contributed by atoms with Gasteiger partial charge in [-0.15, -0.1) is 0 Å². The summed E-state index contributed by atoms with van der Waals surface area (Å²) in [5.74, 6) is 0.116. The maximum atomic E-state index is 13.0. The van der Waals surface area contributed by atoms with E-state index in [1.54, 1.807) is 18.3 Å². The zero-order chi connectivity index (χ0) is 20.8. The average molecular weight is 398 g/mol. The number of piperidine rings is 1. The second kappa shape index (κ2) is 9.60. The predicted octanol–water partition coefficient (Wildman–Crippen LogP) is 2.88. The van der Waals surface area contributed by atoms with Crippen LogP contribution >= 0.6 is 0 Å². The molecule has 1 aromatic heterocycles. The highest BCUT2D eigenvalue weighted by atomic mass is 19.1. The van der Waals surface area contributed by atoms with Gasteiger partial charge in [0.1, 0.15) is 11.6 Å². The number of amides is 2. The number of halogens is 1. The highest BCUT2D eigenvalue weighted by Crippen LogP contribution is 2.21. The van der Waals surface area contributed by atoms with Crippen LogP contribution in [0.2, 0.25) is 0 Å². The summed E-state index contributed by atoms with van der Waals surface area (Å²) in [6, 6.07) is 9.54. The van der Waals surface area contributed by atoms with Crippen molar-refractivity contribution in [2.45, 2.75) is 39.3 Å². The van der Waals surface area contributed by atoms with E-state index in [9.17, 15) is 14.0 Å². The second-order valence-electron chi connectivity index (χ2n) is 7.54. The van der Waals surface area contributed by atoms with Gasteiger partial charge < -0.3 is 10.6 Å². The minimum Gasteiger partial charge on any atom is -0.351 e. The SMILES string of the molecule is Cc1ccnc(NC(=O)C2CCN(C(C)C(=O)NCc3ccc(F)cc3)CC2)c1. The first-order chi connectivity index (χ1) is 13.9. The fourth-order valence-corrected chi connectivity index (χ4v) is 3.49. The van der Waals surface area contributed by atoms with E-state index < -0.39 is 0 Å². The Labute approximate surface area is 170 Å². The third-order valence-electron chi connectivity index (χ3n) is 5.37. The fourth-order valence-electron chi connectivity index (χ4n) is 3.49. The Morgan fingerprint density at radius 3 is 2.55 bits per heavy atom. The number of anilines is 1. The van der Waals surface area contributed by atoms with Crippen molar-refractivity contribution in [3.05, 3.63) is 59.5 Å². The Morgan fingerprint density at radius 1 is 1.21 bits per heavy atom. The van der Waals surface area contributed by atoms with E-state index in [2.05, 4.69) is 20.5 Å². The minimum absolute atomic E-state index is 0.0174. The Hall–Kier alpha value is -2.80. The quantitative estimate of drug-likeness (QED) is 0.785. The summed E-state index contributed by atoms with van der Waals surface area (Å²) in [6.45, 7) is 5.57. The summed E-state index contributed by atoms with van der Waals surface area (Å²) in [6.07, 6.45) is 3.08. The van der Waals surface area contributed by atoms with Crippen LogP contribution in [0.25, 0.3) is 0 Å². The largest absolute Gasteiger partial charge is 0.351 e. The van der Waals surface area contributed by atoms with Gasteiger partial charge in [0.05, 0.1) is 6.04 Å². The molecule has 3 rings (SSSR count). The van der Waals surface area contributed by atoms with E-state index >= 15 is 0 Å². The van der Waals surface area contributed by atoms with E-state index in [1.165, 1.54) is 12.1 Å². The zero-order valence-electron chi connectivity index (χ0n) is 16.8. The molecule has 154 valence electrons. The van der Waals surface area contributed by atoms with Crippen molar-refractivity contribution < 1.29 is 14.0 Å². The Morgan fingerprint density at radius 2 is 1.90 bits per heavy atom. The van der Waals surface area contributed by atoms with Gasteiger partial charge in [0.15, 0.2) is 0 Å². The molecule has 0 saturated carbocycles. The molecule has 1 saturated heterocycles. The first kappa shape index (κ1) is 20.9. The highest BCUT2D eigenvalue weighted by molar-refractivity contribution is 5.91. The van der Waals surface area contributed by atoms with Crippen molar-refractivity contribution in [1.29, 1.82) is 0 Å². The standard InChI is InChI=1S/C22H27FN4O2/c1-15-7-10-24-20(13-15)26-22(29)18-8-11-27(12-9-18)16(2)21(28)25-14-17-3-5-19(23)6-4-17/h3-7,10,13,16,18H,8-9,11-12,14H2,1-2H3,(H,25,28)(H,24,26,29). The molecule has 1 aliphatic rings. The van der Waals surface area contributed by atoms with Crippen LogP contribution < -0.4 is 10.6 Å².